The van der Waals surface area contributed by atoms with Crippen LogP contribution in [0.4, 0.5) is 0 Å². The molecule has 1 saturated heterocycles. The van der Waals surface area contributed by atoms with Crippen molar-refractivity contribution in [3.8, 4) is 0 Å². The molecule has 4 heteroatoms. The molecule has 2 fully saturated rings. The molecular weight excluding hydrogens is 192 g/mol. The van der Waals surface area contributed by atoms with Gasteiger partial charge in [-0.25, -0.2) is 5.01 Å². The van der Waals surface area contributed by atoms with Crippen LogP contribution in [0.2, 0.25) is 0 Å². The molecule has 1 amide bonds. The summed E-state index contributed by atoms with van der Waals surface area (Å²) in [4.78, 5) is 11.8. The van der Waals surface area contributed by atoms with Gasteiger partial charge in [-0.3, -0.25) is 9.80 Å². The number of carbonyl (C=O) groups is 1. The first-order valence-corrected chi connectivity index (χ1v) is 6.00. The fraction of sp³-hybridized carbons (Fsp3) is 0.909. The third-order valence-corrected chi connectivity index (χ3v) is 3.40. The number of carbonyl (C=O) groups excluding carboxylic acids is 1. The summed E-state index contributed by atoms with van der Waals surface area (Å²) in [6.07, 6.45) is 6.10. The number of rotatable bonds is 4. The summed E-state index contributed by atoms with van der Waals surface area (Å²) in [6, 6.07) is 0.591. The van der Waals surface area contributed by atoms with E-state index in [0.717, 1.165) is 13.0 Å². The van der Waals surface area contributed by atoms with Crippen LogP contribution in [0.1, 0.15) is 38.5 Å². The van der Waals surface area contributed by atoms with Crippen molar-refractivity contribution in [2.45, 2.75) is 44.6 Å². The molecule has 2 rings (SSSR count). The van der Waals surface area contributed by atoms with E-state index in [2.05, 4.69) is 5.01 Å². The molecule has 0 aromatic heterocycles. The standard InChI is InChI=1S/C11H20N2O2/c14-9-3-8-13-11(15)6-2-7-12(13)10-4-1-5-10/h10,14H,1-9H2. The summed E-state index contributed by atoms with van der Waals surface area (Å²) in [5.74, 6) is 0.238. The van der Waals surface area contributed by atoms with Crippen LogP contribution in [0.3, 0.4) is 0 Å². The molecule has 0 spiro atoms. The van der Waals surface area contributed by atoms with Crippen LogP contribution in [0, 0.1) is 0 Å². The molecule has 0 bridgehead atoms. The molecule has 0 aromatic carbocycles. The van der Waals surface area contributed by atoms with Crippen LogP contribution in [0.15, 0.2) is 0 Å². The fourth-order valence-electron chi connectivity index (χ4n) is 2.32. The van der Waals surface area contributed by atoms with Crippen molar-refractivity contribution < 1.29 is 9.90 Å². The van der Waals surface area contributed by atoms with Crippen molar-refractivity contribution in [2.75, 3.05) is 19.7 Å². The molecule has 0 atom stereocenters. The van der Waals surface area contributed by atoms with Crippen LogP contribution < -0.4 is 0 Å². The number of hydrazine groups is 1. The highest BCUT2D eigenvalue weighted by Gasteiger charge is 2.33. The Morgan fingerprint density at radius 3 is 2.73 bits per heavy atom. The third kappa shape index (κ3) is 2.32. The minimum atomic E-state index is 0.169. The van der Waals surface area contributed by atoms with Gasteiger partial charge in [0.15, 0.2) is 0 Å². The average Bonchev–Trinajstić information content (AvgIpc) is 2.14. The van der Waals surface area contributed by atoms with Gasteiger partial charge in [-0.1, -0.05) is 6.42 Å². The molecule has 1 aliphatic heterocycles. The number of hydrogen-bond acceptors (Lipinski definition) is 3. The van der Waals surface area contributed by atoms with Gasteiger partial charge in [0.25, 0.3) is 0 Å². The Hall–Kier alpha value is -0.610. The van der Waals surface area contributed by atoms with E-state index >= 15 is 0 Å². The maximum atomic E-state index is 11.8. The maximum Gasteiger partial charge on any atom is 0.236 e. The van der Waals surface area contributed by atoms with Gasteiger partial charge in [0.2, 0.25) is 5.91 Å². The Bertz CT molecular complexity index is 229. The molecule has 2 aliphatic rings. The fourth-order valence-corrected chi connectivity index (χ4v) is 2.32. The zero-order valence-corrected chi connectivity index (χ0v) is 9.19. The molecule has 0 unspecified atom stereocenters. The Balaban J connectivity index is 1.94. The van der Waals surface area contributed by atoms with Gasteiger partial charge < -0.3 is 5.11 Å². The van der Waals surface area contributed by atoms with Crippen LogP contribution >= 0.6 is 0 Å². The van der Waals surface area contributed by atoms with E-state index in [9.17, 15) is 4.79 Å². The van der Waals surface area contributed by atoms with Gasteiger partial charge in [-0.2, -0.15) is 0 Å². The minimum absolute atomic E-state index is 0.169. The first kappa shape index (κ1) is 10.9. The summed E-state index contributed by atoms with van der Waals surface area (Å²) < 4.78 is 0. The van der Waals surface area contributed by atoms with Gasteiger partial charge in [0, 0.05) is 32.2 Å². The van der Waals surface area contributed by atoms with E-state index in [1.54, 1.807) is 0 Å². The van der Waals surface area contributed by atoms with E-state index in [1.807, 2.05) is 5.01 Å². The molecule has 1 N–H and O–H groups in total. The average molecular weight is 212 g/mol. The second kappa shape index (κ2) is 4.94. The van der Waals surface area contributed by atoms with Gasteiger partial charge in [0.1, 0.15) is 0 Å². The van der Waals surface area contributed by atoms with Crippen LogP contribution in [-0.2, 0) is 4.79 Å². The molecule has 86 valence electrons. The summed E-state index contributed by atoms with van der Waals surface area (Å²) in [5.41, 5.74) is 0. The van der Waals surface area contributed by atoms with Gasteiger partial charge >= 0.3 is 0 Å². The summed E-state index contributed by atoms with van der Waals surface area (Å²) in [7, 11) is 0. The molecule has 1 saturated carbocycles. The monoisotopic (exact) mass is 212 g/mol. The van der Waals surface area contributed by atoms with Crippen molar-refractivity contribution >= 4 is 5.91 Å². The molecule has 15 heavy (non-hydrogen) atoms. The van der Waals surface area contributed by atoms with Crippen molar-refractivity contribution in [3.05, 3.63) is 0 Å². The predicted octanol–water partition coefficient (Wildman–Crippen LogP) is 0.761. The molecule has 1 aliphatic carbocycles. The molecular formula is C11H20N2O2. The Morgan fingerprint density at radius 2 is 2.13 bits per heavy atom. The maximum absolute atomic E-state index is 11.8. The number of aliphatic hydroxyl groups excluding tert-OH is 1. The molecule has 1 heterocycles. The smallest absolute Gasteiger partial charge is 0.236 e. The van der Waals surface area contributed by atoms with Crippen molar-refractivity contribution in [3.63, 3.8) is 0 Å². The SMILES string of the molecule is O=C1CCCN(C2CCC2)N1CCCO. The first-order valence-electron chi connectivity index (χ1n) is 6.00. The Labute approximate surface area is 90.8 Å². The van der Waals surface area contributed by atoms with Crippen molar-refractivity contribution in [2.24, 2.45) is 0 Å². The summed E-state index contributed by atoms with van der Waals surface area (Å²) >= 11 is 0. The minimum Gasteiger partial charge on any atom is -0.396 e. The second-order valence-electron chi connectivity index (χ2n) is 4.45. The molecule has 0 radical (unpaired) electrons. The van der Waals surface area contributed by atoms with Gasteiger partial charge in [0.05, 0.1) is 0 Å². The highest BCUT2D eigenvalue weighted by Crippen LogP contribution is 2.28. The Kier molecular flexibility index (Phi) is 3.59. The first-order chi connectivity index (χ1) is 7.33. The van der Waals surface area contributed by atoms with Crippen LogP contribution in [-0.4, -0.2) is 46.8 Å². The Morgan fingerprint density at radius 1 is 1.33 bits per heavy atom. The lowest BCUT2D eigenvalue weighted by molar-refractivity contribution is -0.166. The zero-order valence-electron chi connectivity index (χ0n) is 9.19. The van der Waals surface area contributed by atoms with E-state index in [1.165, 1.54) is 19.3 Å². The molecule has 0 aromatic rings. The van der Waals surface area contributed by atoms with E-state index in [4.69, 9.17) is 5.11 Å². The third-order valence-electron chi connectivity index (χ3n) is 3.40. The number of amides is 1. The topological polar surface area (TPSA) is 43.8 Å². The highest BCUT2D eigenvalue weighted by molar-refractivity contribution is 5.76. The van der Waals surface area contributed by atoms with Gasteiger partial charge in [-0.05, 0) is 25.7 Å². The van der Waals surface area contributed by atoms with Gasteiger partial charge in [-0.15, -0.1) is 0 Å². The van der Waals surface area contributed by atoms with Crippen molar-refractivity contribution in [1.82, 2.24) is 10.0 Å². The lowest BCUT2D eigenvalue weighted by Gasteiger charge is -2.46. The highest BCUT2D eigenvalue weighted by atomic mass is 16.3. The second-order valence-corrected chi connectivity index (χ2v) is 4.45. The predicted molar refractivity (Wildman–Crippen MR) is 57.0 cm³/mol. The van der Waals surface area contributed by atoms with E-state index < -0.39 is 0 Å². The lowest BCUT2D eigenvalue weighted by Crippen LogP contribution is -2.57. The number of nitrogens with zero attached hydrogens (tertiary/aromatic N) is 2. The quantitative estimate of drug-likeness (QED) is 0.748. The molecule has 4 nitrogen and oxygen atoms in total. The normalized spacial score (nSPS) is 24.3. The summed E-state index contributed by atoms with van der Waals surface area (Å²) in [6.45, 7) is 1.87. The zero-order chi connectivity index (χ0) is 10.7. The van der Waals surface area contributed by atoms with E-state index in [-0.39, 0.29) is 12.5 Å². The number of hydrogen-bond donors (Lipinski definition) is 1. The van der Waals surface area contributed by atoms with Crippen LogP contribution in [0.25, 0.3) is 0 Å². The lowest BCUT2D eigenvalue weighted by atomic mass is 9.92. The largest absolute Gasteiger partial charge is 0.396 e. The summed E-state index contributed by atoms with van der Waals surface area (Å²) in [5, 5.41) is 12.9. The van der Waals surface area contributed by atoms with Crippen LogP contribution in [0.5, 0.6) is 0 Å². The van der Waals surface area contributed by atoms with E-state index in [0.29, 0.717) is 25.4 Å². The van der Waals surface area contributed by atoms with Crippen molar-refractivity contribution in [1.29, 1.82) is 0 Å². The number of aliphatic hydroxyl groups is 1.